The van der Waals surface area contributed by atoms with Crippen LogP contribution in [-0.2, 0) is 11.3 Å². The molecule has 2 aromatic carbocycles. The van der Waals surface area contributed by atoms with E-state index in [4.69, 9.17) is 4.74 Å². The summed E-state index contributed by atoms with van der Waals surface area (Å²) in [5.74, 6) is -1.96. The Morgan fingerprint density at radius 3 is 2.36 bits per heavy atom. The van der Waals surface area contributed by atoms with Crippen molar-refractivity contribution in [1.82, 2.24) is 4.57 Å². The number of fused-ring (bicyclic) bond motifs is 1. The number of halogens is 2. The van der Waals surface area contributed by atoms with Crippen LogP contribution in [-0.4, -0.2) is 23.2 Å². The second kappa shape index (κ2) is 7.19. The zero-order valence-corrected chi connectivity index (χ0v) is 16.2. The van der Waals surface area contributed by atoms with Crippen LogP contribution in [0.2, 0.25) is 0 Å². The van der Waals surface area contributed by atoms with Crippen LogP contribution in [0.4, 0.5) is 8.78 Å². The zero-order valence-electron chi connectivity index (χ0n) is 16.2. The standard InChI is InChI=1S/C22H21F2NO3/c1-22(2,3)20(26)12-25-11-16(15-7-6-14(28-4)10-19(15)25)21(27)13-5-8-17(23)18(24)9-13/h5-11H,12H2,1-4H3. The summed E-state index contributed by atoms with van der Waals surface area (Å²) in [4.78, 5) is 25.5. The van der Waals surface area contributed by atoms with Gasteiger partial charge >= 0.3 is 0 Å². The van der Waals surface area contributed by atoms with E-state index in [0.717, 1.165) is 12.1 Å². The van der Waals surface area contributed by atoms with Gasteiger partial charge in [0.2, 0.25) is 0 Å². The average molecular weight is 385 g/mol. The van der Waals surface area contributed by atoms with Crippen LogP contribution in [0.25, 0.3) is 10.9 Å². The molecule has 0 spiro atoms. The smallest absolute Gasteiger partial charge is 0.195 e. The number of ether oxygens (including phenoxy) is 1. The van der Waals surface area contributed by atoms with E-state index >= 15 is 0 Å². The van der Waals surface area contributed by atoms with E-state index in [2.05, 4.69) is 0 Å². The molecule has 0 aliphatic heterocycles. The van der Waals surface area contributed by atoms with Crippen LogP contribution >= 0.6 is 0 Å². The van der Waals surface area contributed by atoms with Gasteiger partial charge in [0.25, 0.3) is 0 Å². The molecular formula is C22H21F2NO3. The van der Waals surface area contributed by atoms with Crippen LogP contribution in [0.3, 0.4) is 0 Å². The monoisotopic (exact) mass is 385 g/mol. The first-order chi connectivity index (χ1) is 13.1. The van der Waals surface area contributed by atoms with E-state index in [9.17, 15) is 18.4 Å². The fourth-order valence-corrected chi connectivity index (χ4v) is 2.90. The predicted octanol–water partition coefficient (Wildman–Crippen LogP) is 4.77. The van der Waals surface area contributed by atoms with E-state index in [1.807, 2.05) is 20.8 Å². The molecule has 4 nitrogen and oxygen atoms in total. The van der Waals surface area contributed by atoms with Gasteiger partial charge in [-0.3, -0.25) is 9.59 Å². The Hall–Kier alpha value is -3.02. The highest BCUT2D eigenvalue weighted by Crippen LogP contribution is 2.29. The molecule has 0 N–H and O–H groups in total. The lowest BCUT2D eigenvalue weighted by Gasteiger charge is -2.17. The van der Waals surface area contributed by atoms with Crippen molar-refractivity contribution in [3.05, 3.63) is 65.4 Å². The number of carbonyl (C=O) groups excluding carboxylic acids is 2. The third-order valence-corrected chi connectivity index (χ3v) is 4.67. The molecule has 0 atom stereocenters. The number of methoxy groups -OCH3 is 1. The van der Waals surface area contributed by atoms with E-state index in [0.29, 0.717) is 22.2 Å². The maximum Gasteiger partial charge on any atom is 0.195 e. The number of rotatable bonds is 5. The summed E-state index contributed by atoms with van der Waals surface area (Å²) >= 11 is 0. The summed E-state index contributed by atoms with van der Waals surface area (Å²) in [6.45, 7) is 5.57. The van der Waals surface area contributed by atoms with Gasteiger partial charge in [-0.2, -0.15) is 0 Å². The van der Waals surface area contributed by atoms with Gasteiger partial charge in [-0.15, -0.1) is 0 Å². The zero-order chi connectivity index (χ0) is 20.6. The molecule has 146 valence electrons. The minimum atomic E-state index is -1.08. The number of benzene rings is 2. The summed E-state index contributed by atoms with van der Waals surface area (Å²) in [5.41, 5.74) is 0.462. The molecule has 1 aromatic heterocycles. The van der Waals surface area contributed by atoms with E-state index in [-0.39, 0.29) is 17.9 Å². The van der Waals surface area contributed by atoms with Crippen molar-refractivity contribution in [1.29, 1.82) is 0 Å². The van der Waals surface area contributed by atoms with E-state index in [1.54, 1.807) is 29.0 Å². The lowest BCUT2D eigenvalue weighted by Crippen LogP contribution is -2.24. The molecule has 3 rings (SSSR count). The van der Waals surface area contributed by atoms with Crippen LogP contribution in [0.15, 0.2) is 42.6 Å². The van der Waals surface area contributed by atoms with Crippen molar-refractivity contribution in [3.63, 3.8) is 0 Å². The van der Waals surface area contributed by atoms with E-state index in [1.165, 1.54) is 13.2 Å². The van der Waals surface area contributed by atoms with Crippen molar-refractivity contribution < 1.29 is 23.1 Å². The Morgan fingerprint density at radius 2 is 1.75 bits per heavy atom. The summed E-state index contributed by atoms with van der Waals surface area (Å²) in [5, 5.41) is 0.609. The van der Waals surface area contributed by atoms with Gasteiger partial charge in [0.05, 0.1) is 19.2 Å². The molecule has 0 saturated carbocycles. The predicted molar refractivity (Wildman–Crippen MR) is 103 cm³/mol. The van der Waals surface area contributed by atoms with Crippen LogP contribution in [0.5, 0.6) is 5.75 Å². The van der Waals surface area contributed by atoms with Crippen LogP contribution < -0.4 is 4.74 Å². The maximum atomic E-state index is 13.6. The number of carbonyl (C=O) groups is 2. The van der Waals surface area contributed by atoms with Crippen molar-refractivity contribution in [2.75, 3.05) is 7.11 Å². The second-order valence-electron chi connectivity index (χ2n) is 7.68. The Kier molecular flexibility index (Phi) is 5.06. The highest BCUT2D eigenvalue weighted by Gasteiger charge is 2.24. The van der Waals surface area contributed by atoms with Crippen molar-refractivity contribution >= 4 is 22.5 Å². The van der Waals surface area contributed by atoms with Gasteiger partial charge in [0.1, 0.15) is 5.75 Å². The number of hydrogen-bond acceptors (Lipinski definition) is 3. The number of nitrogens with zero attached hydrogens (tertiary/aromatic N) is 1. The number of aromatic nitrogens is 1. The molecule has 0 unspecified atom stereocenters. The minimum absolute atomic E-state index is 0.000884. The first-order valence-electron chi connectivity index (χ1n) is 8.81. The first-order valence-corrected chi connectivity index (χ1v) is 8.81. The summed E-state index contributed by atoms with van der Waals surface area (Å²) in [6.07, 6.45) is 1.58. The van der Waals surface area contributed by atoms with Gasteiger partial charge in [0, 0.05) is 34.2 Å². The molecule has 0 amide bonds. The molecule has 0 saturated heterocycles. The highest BCUT2D eigenvalue weighted by molar-refractivity contribution is 6.16. The Labute approximate surface area is 161 Å². The maximum absolute atomic E-state index is 13.6. The fourth-order valence-electron chi connectivity index (χ4n) is 2.90. The summed E-state index contributed by atoms with van der Waals surface area (Å²) in [6, 6.07) is 8.22. The summed E-state index contributed by atoms with van der Waals surface area (Å²) < 4.78 is 33.8. The van der Waals surface area contributed by atoms with Gasteiger partial charge in [-0.1, -0.05) is 20.8 Å². The van der Waals surface area contributed by atoms with Gasteiger partial charge in [-0.25, -0.2) is 8.78 Å². The lowest BCUT2D eigenvalue weighted by atomic mass is 9.91. The normalized spacial score (nSPS) is 11.6. The number of Topliss-reactive ketones (excluding diaryl/α,β-unsaturated/α-hetero) is 1. The quantitative estimate of drug-likeness (QED) is 0.594. The first kappa shape index (κ1) is 19.7. The SMILES string of the molecule is COc1ccc2c(C(=O)c3ccc(F)c(F)c3)cn(CC(=O)C(C)(C)C)c2c1. The average Bonchev–Trinajstić information content (AvgIpc) is 3.00. The van der Waals surface area contributed by atoms with Crippen LogP contribution in [0.1, 0.15) is 36.7 Å². The van der Waals surface area contributed by atoms with Gasteiger partial charge in [-0.05, 0) is 30.3 Å². The number of ketones is 2. The lowest BCUT2D eigenvalue weighted by molar-refractivity contribution is -0.126. The molecular weight excluding hydrogens is 364 g/mol. The topological polar surface area (TPSA) is 48.3 Å². The van der Waals surface area contributed by atoms with Crippen molar-refractivity contribution in [3.8, 4) is 5.75 Å². The van der Waals surface area contributed by atoms with Crippen LogP contribution in [0, 0.1) is 17.0 Å². The number of hydrogen-bond donors (Lipinski definition) is 0. The third-order valence-electron chi connectivity index (χ3n) is 4.67. The molecule has 0 aliphatic carbocycles. The van der Waals surface area contributed by atoms with Crippen molar-refractivity contribution in [2.24, 2.45) is 5.41 Å². The Morgan fingerprint density at radius 1 is 1.04 bits per heavy atom. The molecule has 3 aromatic rings. The molecule has 0 aliphatic rings. The largest absolute Gasteiger partial charge is 0.497 e. The molecule has 0 radical (unpaired) electrons. The highest BCUT2D eigenvalue weighted by atomic mass is 19.2. The fraction of sp³-hybridized carbons (Fsp3) is 0.273. The molecule has 1 heterocycles. The molecule has 6 heteroatoms. The Balaban J connectivity index is 2.13. The van der Waals surface area contributed by atoms with Gasteiger partial charge in [0.15, 0.2) is 23.2 Å². The minimum Gasteiger partial charge on any atom is -0.497 e. The second-order valence-corrected chi connectivity index (χ2v) is 7.68. The third kappa shape index (κ3) is 3.67. The van der Waals surface area contributed by atoms with E-state index < -0.39 is 22.8 Å². The summed E-state index contributed by atoms with van der Waals surface area (Å²) in [7, 11) is 1.53. The van der Waals surface area contributed by atoms with Crippen molar-refractivity contribution in [2.45, 2.75) is 27.3 Å². The van der Waals surface area contributed by atoms with Gasteiger partial charge < -0.3 is 9.30 Å². The Bertz CT molecular complexity index is 1080. The molecule has 0 fully saturated rings. The molecule has 0 bridgehead atoms. The molecule has 28 heavy (non-hydrogen) atoms.